The summed E-state index contributed by atoms with van der Waals surface area (Å²) in [6.45, 7) is 9.35. The summed E-state index contributed by atoms with van der Waals surface area (Å²) in [7, 11) is -2.24. The molecule has 7 rings (SSSR count). The molecule has 2 aliphatic heterocycles. The lowest BCUT2D eigenvalue weighted by Crippen LogP contribution is -2.39. The third-order valence-corrected chi connectivity index (χ3v) is 12.3. The number of anilines is 1. The minimum atomic E-state index is -3.74. The van der Waals surface area contributed by atoms with Gasteiger partial charge in [0.05, 0.1) is 46.0 Å². The zero-order valence-electron chi connectivity index (χ0n) is 31.2. The Morgan fingerprint density at radius 3 is 2.58 bits per heavy atom. The molecule has 1 unspecified atom stereocenters. The molecule has 0 aliphatic carbocycles. The molecule has 0 spiro atoms. The van der Waals surface area contributed by atoms with Crippen LogP contribution in [0.1, 0.15) is 42.1 Å². The Bertz CT molecular complexity index is 2280. The lowest BCUT2D eigenvalue weighted by Gasteiger charge is -2.33. The number of tetrazole rings is 1. The van der Waals surface area contributed by atoms with Gasteiger partial charge in [-0.05, 0) is 97.7 Å². The number of fused-ring (bicyclic) bond motifs is 1. The van der Waals surface area contributed by atoms with Gasteiger partial charge in [-0.25, -0.2) is 13.4 Å². The van der Waals surface area contributed by atoms with Crippen molar-refractivity contribution in [2.24, 2.45) is 0 Å². The third kappa shape index (κ3) is 8.17. The van der Waals surface area contributed by atoms with E-state index in [-0.39, 0.29) is 16.6 Å². The molecule has 55 heavy (non-hydrogen) atoms. The Morgan fingerprint density at radius 2 is 1.80 bits per heavy atom. The van der Waals surface area contributed by atoms with Crippen LogP contribution in [-0.4, -0.2) is 126 Å². The molecule has 2 fully saturated rings. The minimum absolute atomic E-state index is 0.243. The quantitative estimate of drug-likeness (QED) is 0.146. The van der Waals surface area contributed by atoms with Gasteiger partial charge in [0.1, 0.15) is 5.75 Å². The summed E-state index contributed by atoms with van der Waals surface area (Å²) in [6, 6.07) is 18.8. The monoisotopic (exact) mass is 809 g/mol. The Kier molecular flexibility index (Phi) is 11.7. The van der Waals surface area contributed by atoms with Gasteiger partial charge in [-0.15, -0.1) is 0 Å². The van der Waals surface area contributed by atoms with Crippen LogP contribution in [0.15, 0.2) is 65.8 Å². The zero-order chi connectivity index (χ0) is 38.7. The minimum Gasteiger partial charge on any atom is -0.496 e. The average Bonchev–Trinajstić information content (AvgIpc) is 3.90. The number of hydrogen-bond acceptors (Lipinski definition) is 11. The Morgan fingerprint density at radius 1 is 0.964 bits per heavy atom. The molecule has 14 nitrogen and oxygen atoms in total. The average molecular weight is 811 g/mol. The molecule has 4 heterocycles. The number of rotatable bonds is 13. The fourth-order valence-corrected chi connectivity index (χ4v) is 8.72. The summed E-state index contributed by atoms with van der Waals surface area (Å²) >= 11 is 13.0. The number of likely N-dealkylation sites (tertiary alicyclic amines) is 1. The van der Waals surface area contributed by atoms with E-state index >= 15 is 0 Å². The topological polar surface area (TPSA) is 141 Å². The summed E-state index contributed by atoms with van der Waals surface area (Å²) in [6.07, 6.45) is 3.52. The molecule has 2 saturated heterocycles. The first-order valence-corrected chi connectivity index (χ1v) is 21.1. The maximum Gasteiger partial charge on any atom is 0.272 e. The van der Waals surface area contributed by atoms with Crippen LogP contribution >= 0.6 is 23.2 Å². The maximum atomic E-state index is 14.4. The molecule has 0 saturated carbocycles. The van der Waals surface area contributed by atoms with E-state index in [1.165, 1.54) is 7.11 Å². The summed E-state index contributed by atoms with van der Waals surface area (Å²) in [5.41, 5.74) is 3.33. The normalized spacial score (nSPS) is 18.3. The molecular weight excluding hydrogens is 765 g/mol. The van der Waals surface area contributed by atoms with Crippen molar-refractivity contribution in [2.75, 3.05) is 77.3 Å². The number of hydrogen-bond donors (Lipinski definition) is 0. The molecule has 1 amide bonds. The van der Waals surface area contributed by atoms with E-state index in [0.29, 0.717) is 54.2 Å². The van der Waals surface area contributed by atoms with Gasteiger partial charge in [0.25, 0.3) is 11.1 Å². The molecule has 0 bridgehead atoms. The lowest BCUT2D eigenvalue weighted by atomic mass is 9.76. The van der Waals surface area contributed by atoms with Gasteiger partial charge in [0.15, 0.2) is 0 Å². The number of ether oxygens (including phenoxy) is 2. The summed E-state index contributed by atoms with van der Waals surface area (Å²) in [5, 5.41) is 11.7. The molecular formula is C38H45Cl2N9O5S. The van der Waals surface area contributed by atoms with Crippen LogP contribution in [0.3, 0.4) is 0 Å². The van der Waals surface area contributed by atoms with Crippen LogP contribution in [0.2, 0.25) is 10.0 Å². The van der Waals surface area contributed by atoms with Crippen molar-refractivity contribution in [2.45, 2.75) is 43.3 Å². The molecule has 1 atom stereocenters. The second-order valence-electron chi connectivity index (χ2n) is 14.1. The number of carbonyl (C=O) groups excluding carboxylic acids is 1. The standard InChI is InChI=1S/C38H45Cl2N9O5S/c1-4-54-23-22-48-33-9-6-5-8-32(33)41-36(48)46-17-7-16-45(20-21-46)18-14-38(27-10-12-30(39)31(40)24-27)15-19-47(26-38)35(50)29-25-28(11-13-34(29)53-2)49-37(42-43-44-49)55(3,51)52/h5-6,8-13,24-25H,4,7,14-23,26H2,1-3H3. The van der Waals surface area contributed by atoms with E-state index in [1.54, 1.807) is 18.2 Å². The molecule has 3 aromatic carbocycles. The van der Waals surface area contributed by atoms with Crippen molar-refractivity contribution < 1.29 is 22.7 Å². The van der Waals surface area contributed by atoms with Crippen molar-refractivity contribution in [1.82, 2.24) is 39.6 Å². The highest BCUT2D eigenvalue weighted by molar-refractivity contribution is 7.90. The van der Waals surface area contributed by atoms with Gasteiger partial charge in [-0.1, -0.05) is 46.5 Å². The largest absolute Gasteiger partial charge is 0.496 e. The number of nitrogens with zero attached hydrogens (tertiary/aromatic N) is 9. The van der Waals surface area contributed by atoms with Crippen LogP contribution in [0.5, 0.6) is 5.75 Å². The first kappa shape index (κ1) is 39.0. The maximum absolute atomic E-state index is 14.4. The number of sulfone groups is 1. The van der Waals surface area contributed by atoms with Crippen LogP contribution in [0.25, 0.3) is 16.7 Å². The number of carbonyl (C=O) groups is 1. The molecule has 5 aromatic rings. The van der Waals surface area contributed by atoms with Crippen molar-refractivity contribution >= 4 is 55.9 Å². The number of halogens is 2. The zero-order valence-corrected chi connectivity index (χ0v) is 33.5. The lowest BCUT2D eigenvalue weighted by molar-refractivity contribution is 0.0777. The highest BCUT2D eigenvalue weighted by Crippen LogP contribution is 2.41. The van der Waals surface area contributed by atoms with Crippen molar-refractivity contribution in [1.29, 1.82) is 0 Å². The molecule has 17 heteroatoms. The van der Waals surface area contributed by atoms with E-state index in [0.717, 1.165) is 85.6 Å². The number of benzene rings is 3. The van der Waals surface area contributed by atoms with Gasteiger partial charge < -0.3 is 28.7 Å². The molecule has 2 aromatic heterocycles. The summed E-state index contributed by atoms with van der Waals surface area (Å²) in [4.78, 5) is 26.2. The van der Waals surface area contributed by atoms with Crippen LogP contribution < -0.4 is 9.64 Å². The fraction of sp³-hybridized carbons (Fsp3) is 0.447. The predicted molar refractivity (Wildman–Crippen MR) is 212 cm³/mol. The van der Waals surface area contributed by atoms with Crippen molar-refractivity contribution in [3.8, 4) is 11.4 Å². The van der Waals surface area contributed by atoms with E-state index in [9.17, 15) is 13.2 Å². The van der Waals surface area contributed by atoms with Gasteiger partial charge in [-0.3, -0.25) is 4.79 Å². The van der Waals surface area contributed by atoms with Gasteiger partial charge in [0.2, 0.25) is 15.8 Å². The first-order chi connectivity index (χ1) is 26.5. The molecule has 2 aliphatic rings. The first-order valence-electron chi connectivity index (χ1n) is 18.4. The Hall–Kier alpha value is -4.28. The van der Waals surface area contributed by atoms with Crippen molar-refractivity contribution in [3.63, 3.8) is 0 Å². The number of para-hydroxylation sites is 2. The predicted octanol–water partition coefficient (Wildman–Crippen LogP) is 5.15. The van der Waals surface area contributed by atoms with E-state index in [4.69, 9.17) is 37.7 Å². The SMILES string of the molecule is CCOCCn1c(N2CCCN(CCC3(c4ccc(Cl)c(Cl)c4)CCN(C(=O)c4cc(-n5nnnc5S(C)(=O)=O)ccc4OC)C3)CC2)nc2ccccc21. The van der Waals surface area contributed by atoms with E-state index in [2.05, 4.69) is 48.1 Å². The molecule has 0 radical (unpaired) electrons. The van der Waals surface area contributed by atoms with Gasteiger partial charge >= 0.3 is 0 Å². The van der Waals surface area contributed by atoms with Gasteiger partial charge in [-0.2, -0.15) is 4.68 Å². The van der Waals surface area contributed by atoms with Crippen LogP contribution in [0.4, 0.5) is 5.95 Å². The molecule has 0 N–H and O–H groups in total. The number of imidazole rings is 1. The highest BCUT2D eigenvalue weighted by Gasteiger charge is 2.42. The third-order valence-electron chi connectivity index (χ3n) is 10.7. The second kappa shape index (κ2) is 16.4. The number of amides is 1. The number of methoxy groups -OCH3 is 1. The van der Waals surface area contributed by atoms with E-state index < -0.39 is 15.3 Å². The fourth-order valence-electron chi connectivity index (χ4n) is 7.78. The van der Waals surface area contributed by atoms with E-state index in [1.807, 2.05) is 36.1 Å². The van der Waals surface area contributed by atoms with Crippen molar-refractivity contribution in [3.05, 3.63) is 81.8 Å². The Balaban J connectivity index is 1.11. The summed E-state index contributed by atoms with van der Waals surface area (Å²) < 4.78 is 39.4. The smallest absolute Gasteiger partial charge is 0.272 e. The highest BCUT2D eigenvalue weighted by atomic mass is 35.5. The summed E-state index contributed by atoms with van der Waals surface area (Å²) in [5.74, 6) is 1.09. The van der Waals surface area contributed by atoms with Gasteiger partial charge in [0, 0.05) is 57.5 Å². The Labute approximate surface area is 330 Å². The number of aromatic nitrogens is 6. The molecule has 292 valence electrons. The van der Waals surface area contributed by atoms with Crippen LogP contribution in [-0.2, 0) is 26.5 Å². The second-order valence-corrected chi connectivity index (χ2v) is 16.8. The van der Waals surface area contributed by atoms with Crippen LogP contribution in [0, 0.1) is 0 Å².